The Morgan fingerprint density at radius 3 is 2.76 bits per heavy atom. The second-order valence-corrected chi connectivity index (χ2v) is 4.40. The van der Waals surface area contributed by atoms with Crippen molar-refractivity contribution >= 4 is 0 Å². The Morgan fingerprint density at radius 2 is 2.12 bits per heavy atom. The van der Waals surface area contributed by atoms with Crippen molar-refractivity contribution < 1.29 is 9.47 Å². The predicted molar refractivity (Wildman–Crippen MR) is 67.5 cm³/mol. The van der Waals surface area contributed by atoms with Gasteiger partial charge >= 0.3 is 0 Å². The molecule has 0 aromatic heterocycles. The SMILES string of the molecule is COc1ccc(C2CC(N)CCN2)c(OC)c1. The minimum Gasteiger partial charge on any atom is -0.497 e. The molecule has 0 saturated carbocycles. The molecule has 1 aliphatic rings. The number of hydrogen-bond donors (Lipinski definition) is 2. The van der Waals surface area contributed by atoms with E-state index in [9.17, 15) is 0 Å². The molecule has 1 aliphatic heterocycles. The van der Waals surface area contributed by atoms with Crippen LogP contribution in [0.25, 0.3) is 0 Å². The minimum atomic E-state index is 0.271. The normalized spacial score (nSPS) is 24.4. The molecule has 1 aromatic carbocycles. The molecule has 4 heteroatoms. The van der Waals surface area contributed by atoms with Gasteiger partial charge in [-0.2, -0.15) is 0 Å². The summed E-state index contributed by atoms with van der Waals surface area (Å²) < 4.78 is 10.6. The largest absolute Gasteiger partial charge is 0.497 e. The highest BCUT2D eigenvalue weighted by atomic mass is 16.5. The van der Waals surface area contributed by atoms with Crippen molar-refractivity contribution in [2.24, 2.45) is 5.73 Å². The second-order valence-electron chi connectivity index (χ2n) is 4.40. The van der Waals surface area contributed by atoms with Crippen molar-refractivity contribution in [1.82, 2.24) is 5.32 Å². The maximum absolute atomic E-state index is 6.00. The average Bonchev–Trinajstić information content (AvgIpc) is 2.38. The number of methoxy groups -OCH3 is 2. The quantitative estimate of drug-likeness (QED) is 0.834. The van der Waals surface area contributed by atoms with Gasteiger partial charge in [0.2, 0.25) is 0 Å². The van der Waals surface area contributed by atoms with Gasteiger partial charge in [-0.05, 0) is 25.5 Å². The fourth-order valence-electron chi connectivity index (χ4n) is 2.29. The third kappa shape index (κ3) is 2.70. The van der Waals surface area contributed by atoms with Crippen LogP contribution in [0.1, 0.15) is 24.4 Å². The molecule has 1 fully saturated rings. The van der Waals surface area contributed by atoms with Gasteiger partial charge in [-0.1, -0.05) is 6.07 Å². The number of benzene rings is 1. The third-order valence-electron chi connectivity index (χ3n) is 3.26. The number of rotatable bonds is 3. The van der Waals surface area contributed by atoms with Crippen molar-refractivity contribution in [2.45, 2.75) is 24.9 Å². The molecule has 1 saturated heterocycles. The number of nitrogens with one attached hydrogen (secondary N) is 1. The van der Waals surface area contributed by atoms with Gasteiger partial charge in [0.25, 0.3) is 0 Å². The fraction of sp³-hybridized carbons (Fsp3) is 0.538. The topological polar surface area (TPSA) is 56.5 Å². The molecule has 2 rings (SSSR count). The first kappa shape index (κ1) is 12.2. The van der Waals surface area contributed by atoms with E-state index in [1.807, 2.05) is 18.2 Å². The first-order valence-corrected chi connectivity index (χ1v) is 5.95. The Morgan fingerprint density at radius 1 is 1.29 bits per heavy atom. The van der Waals surface area contributed by atoms with Crippen molar-refractivity contribution in [1.29, 1.82) is 0 Å². The Balaban J connectivity index is 2.24. The summed E-state index contributed by atoms with van der Waals surface area (Å²) in [5, 5.41) is 3.48. The molecule has 2 unspecified atom stereocenters. The zero-order chi connectivity index (χ0) is 12.3. The molecule has 2 atom stereocenters. The standard InChI is InChI=1S/C13H20N2O2/c1-16-10-3-4-11(13(8-10)17-2)12-7-9(14)5-6-15-12/h3-4,8-9,12,15H,5-7,14H2,1-2H3. The van der Waals surface area contributed by atoms with Crippen molar-refractivity contribution in [3.63, 3.8) is 0 Å². The van der Waals surface area contributed by atoms with Crippen LogP contribution in [-0.4, -0.2) is 26.8 Å². The molecule has 0 amide bonds. The molecule has 0 aliphatic carbocycles. The monoisotopic (exact) mass is 236 g/mol. The van der Waals surface area contributed by atoms with E-state index in [1.165, 1.54) is 0 Å². The Bertz CT molecular complexity index is 382. The lowest BCUT2D eigenvalue weighted by molar-refractivity contribution is 0.347. The van der Waals surface area contributed by atoms with E-state index in [2.05, 4.69) is 5.32 Å². The van der Waals surface area contributed by atoms with Crippen molar-refractivity contribution in [3.05, 3.63) is 23.8 Å². The van der Waals surface area contributed by atoms with E-state index in [0.29, 0.717) is 0 Å². The summed E-state index contributed by atoms with van der Waals surface area (Å²) in [5.41, 5.74) is 7.16. The van der Waals surface area contributed by atoms with Crippen LogP contribution in [0.5, 0.6) is 11.5 Å². The van der Waals surface area contributed by atoms with E-state index in [-0.39, 0.29) is 12.1 Å². The van der Waals surface area contributed by atoms with E-state index in [0.717, 1.165) is 36.4 Å². The third-order valence-corrected chi connectivity index (χ3v) is 3.26. The Labute approximate surface area is 102 Å². The Kier molecular flexibility index (Phi) is 3.86. The lowest BCUT2D eigenvalue weighted by atomic mass is 9.93. The lowest BCUT2D eigenvalue weighted by Crippen LogP contribution is -2.38. The number of nitrogens with two attached hydrogens (primary N) is 1. The first-order chi connectivity index (χ1) is 8.24. The maximum atomic E-state index is 6.00. The molecule has 0 spiro atoms. The van der Waals surface area contributed by atoms with Crippen molar-refractivity contribution in [2.75, 3.05) is 20.8 Å². The molecule has 17 heavy (non-hydrogen) atoms. The van der Waals surface area contributed by atoms with Crippen molar-refractivity contribution in [3.8, 4) is 11.5 Å². The first-order valence-electron chi connectivity index (χ1n) is 5.95. The average molecular weight is 236 g/mol. The molecule has 1 heterocycles. The van der Waals surface area contributed by atoms with E-state index >= 15 is 0 Å². The van der Waals surface area contributed by atoms with Crippen LogP contribution in [0.4, 0.5) is 0 Å². The van der Waals surface area contributed by atoms with E-state index in [1.54, 1.807) is 14.2 Å². The summed E-state index contributed by atoms with van der Waals surface area (Å²) in [5.74, 6) is 1.67. The molecule has 4 nitrogen and oxygen atoms in total. The van der Waals surface area contributed by atoms with Gasteiger partial charge in [0.15, 0.2) is 0 Å². The highest BCUT2D eigenvalue weighted by Gasteiger charge is 2.22. The van der Waals surface area contributed by atoms with Gasteiger partial charge < -0.3 is 20.5 Å². The van der Waals surface area contributed by atoms with Gasteiger partial charge in [0, 0.05) is 23.7 Å². The van der Waals surface area contributed by atoms with Crippen LogP contribution >= 0.6 is 0 Å². The van der Waals surface area contributed by atoms with Gasteiger partial charge in [-0.15, -0.1) is 0 Å². The summed E-state index contributed by atoms with van der Waals surface area (Å²) in [6.07, 6.45) is 1.98. The summed E-state index contributed by atoms with van der Waals surface area (Å²) in [4.78, 5) is 0. The van der Waals surface area contributed by atoms with Crippen LogP contribution in [-0.2, 0) is 0 Å². The summed E-state index contributed by atoms with van der Waals surface area (Å²) in [6, 6.07) is 6.47. The highest BCUT2D eigenvalue weighted by Crippen LogP contribution is 2.32. The molecule has 0 radical (unpaired) electrons. The molecular weight excluding hydrogens is 216 g/mol. The summed E-state index contributed by atoms with van der Waals surface area (Å²) in [7, 11) is 3.34. The molecule has 0 bridgehead atoms. The number of piperidine rings is 1. The van der Waals surface area contributed by atoms with Crippen LogP contribution in [0.2, 0.25) is 0 Å². The van der Waals surface area contributed by atoms with Gasteiger partial charge in [0.1, 0.15) is 11.5 Å². The van der Waals surface area contributed by atoms with E-state index in [4.69, 9.17) is 15.2 Å². The predicted octanol–water partition coefficient (Wildman–Crippen LogP) is 1.46. The molecular formula is C13H20N2O2. The van der Waals surface area contributed by atoms with Crippen LogP contribution in [0.15, 0.2) is 18.2 Å². The molecule has 3 N–H and O–H groups in total. The van der Waals surface area contributed by atoms with Gasteiger partial charge in [-0.25, -0.2) is 0 Å². The van der Waals surface area contributed by atoms with E-state index < -0.39 is 0 Å². The number of ether oxygens (including phenoxy) is 2. The lowest BCUT2D eigenvalue weighted by Gasteiger charge is -2.29. The second kappa shape index (κ2) is 5.38. The zero-order valence-electron chi connectivity index (χ0n) is 10.4. The minimum absolute atomic E-state index is 0.271. The van der Waals surface area contributed by atoms with Gasteiger partial charge in [0.05, 0.1) is 14.2 Å². The highest BCUT2D eigenvalue weighted by molar-refractivity contribution is 5.42. The molecule has 1 aromatic rings. The summed E-state index contributed by atoms with van der Waals surface area (Å²) >= 11 is 0. The van der Waals surface area contributed by atoms with Crippen LogP contribution in [0, 0.1) is 0 Å². The van der Waals surface area contributed by atoms with Crippen LogP contribution < -0.4 is 20.5 Å². The Hall–Kier alpha value is -1.26. The summed E-state index contributed by atoms with van der Waals surface area (Å²) in [6.45, 7) is 0.959. The number of hydrogen-bond acceptors (Lipinski definition) is 4. The maximum Gasteiger partial charge on any atom is 0.127 e. The fourth-order valence-corrected chi connectivity index (χ4v) is 2.29. The van der Waals surface area contributed by atoms with Crippen LogP contribution in [0.3, 0.4) is 0 Å². The van der Waals surface area contributed by atoms with Gasteiger partial charge in [-0.3, -0.25) is 0 Å². The zero-order valence-corrected chi connectivity index (χ0v) is 10.4. The smallest absolute Gasteiger partial charge is 0.127 e. The molecule has 94 valence electrons.